The van der Waals surface area contributed by atoms with Gasteiger partial charge in [0.15, 0.2) is 0 Å². The zero-order valence-electron chi connectivity index (χ0n) is 16.1. The Bertz CT molecular complexity index is 831. The largest absolute Gasteiger partial charge is 0.334 e. The summed E-state index contributed by atoms with van der Waals surface area (Å²) in [6.07, 6.45) is 8.21. The van der Waals surface area contributed by atoms with Gasteiger partial charge in [0.25, 0.3) is 0 Å². The van der Waals surface area contributed by atoms with Gasteiger partial charge in [-0.15, -0.1) is 0 Å². The van der Waals surface area contributed by atoms with Gasteiger partial charge in [0.2, 0.25) is 5.91 Å². The van der Waals surface area contributed by atoms with Gasteiger partial charge in [0, 0.05) is 24.7 Å². The highest BCUT2D eigenvalue weighted by Gasteiger charge is 2.35. The molecule has 2 aromatic rings. The summed E-state index contributed by atoms with van der Waals surface area (Å²) in [5, 5.41) is 3.31. The van der Waals surface area contributed by atoms with E-state index in [-0.39, 0.29) is 12.0 Å². The van der Waals surface area contributed by atoms with Crippen LogP contribution in [0.2, 0.25) is 0 Å². The first-order chi connectivity index (χ1) is 13.1. The van der Waals surface area contributed by atoms with E-state index in [1.54, 1.807) is 6.20 Å². The molecule has 1 saturated carbocycles. The Balaban J connectivity index is 1.58. The lowest BCUT2D eigenvalue weighted by molar-refractivity contribution is -0.136. The van der Waals surface area contributed by atoms with Crippen molar-refractivity contribution in [2.24, 2.45) is 5.92 Å². The molecule has 0 aromatic carbocycles. The maximum absolute atomic E-state index is 13.0. The summed E-state index contributed by atoms with van der Waals surface area (Å²) >= 11 is 0. The van der Waals surface area contributed by atoms with Crippen molar-refractivity contribution in [3.63, 3.8) is 0 Å². The third-order valence-electron chi connectivity index (χ3n) is 5.70. The van der Waals surface area contributed by atoms with Crippen molar-refractivity contribution >= 4 is 17.5 Å². The van der Waals surface area contributed by atoms with E-state index in [0.29, 0.717) is 11.7 Å². The number of aromatic nitrogens is 3. The van der Waals surface area contributed by atoms with Crippen molar-refractivity contribution in [2.75, 3.05) is 11.9 Å². The summed E-state index contributed by atoms with van der Waals surface area (Å²) in [5.41, 5.74) is 2.00. The zero-order chi connectivity index (χ0) is 18.8. The Morgan fingerprint density at radius 2 is 1.96 bits per heavy atom. The number of carbonyl (C=O) groups is 1. The van der Waals surface area contributed by atoms with E-state index in [9.17, 15) is 4.79 Å². The number of hydrogen-bond acceptors (Lipinski definition) is 5. The topological polar surface area (TPSA) is 71.0 Å². The molecule has 4 rings (SSSR count). The Kier molecular flexibility index (Phi) is 5.05. The van der Waals surface area contributed by atoms with Crippen LogP contribution in [-0.4, -0.2) is 32.3 Å². The average molecular weight is 365 g/mol. The van der Waals surface area contributed by atoms with E-state index in [1.165, 1.54) is 12.8 Å². The van der Waals surface area contributed by atoms with Crippen LogP contribution < -0.4 is 5.32 Å². The normalized spacial score (nSPS) is 20.2. The van der Waals surface area contributed by atoms with Gasteiger partial charge >= 0.3 is 0 Å². The van der Waals surface area contributed by atoms with Crippen LogP contribution in [0.1, 0.15) is 61.6 Å². The fourth-order valence-corrected chi connectivity index (χ4v) is 4.31. The Labute approximate surface area is 160 Å². The number of nitrogens with one attached hydrogen (secondary N) is 1. The molecule has 3 heterocycles. The molecule has 6 heteroatoms. The van der Waals surface area contributed by atoms with Crippen molar-refractivity contribution in [1.29, 1.82) is 0 Å². The third kappa shape index (κ3) is 3.80. The maximum Gasteiger partial charge on any atom is 0.226 e. The minimum Gasteiger partial charge on any atom is -0.334 e. The molecule has 142 valence electrons. The van der Waals surface area contributed by atoms with Crippen molar-refractivity contribution < 1.29 is 4.79 Å². The predicted molar refractivity (Wildman–Crippen MR) is 105 cm³/mol. The molecule has 1 saturated heterocycles. The lowest BCUT2D eigenvalue weighted by Gasteiger charge is -2.27. The first-order valence-electron chi connectivity index (χ1n) is 9.96. The third-order valence-corrected chi connectivity index (χ3v) is 5.70. The fourth-order valence-electron chi connectivity index (χ4n) is 4.31. The second-order valence-corrected chi connectivity index (χ2v) is 7.69. The molecular formula is C21H27N5O. The standard InChI is InChI=1S/C21H27N5O/c1-14-7-5-11-22-20(14)25-19-13-17(23-15(2)24-19)18-10-6-12-26(18)21(27)16-8-3-4-9-16/h5,7,11,13,16,18H,3-4,6,8-10,12H2,1-2H3,(H,22,23,24,25). The monoisotopic (exact) mass is 365 g/mol. The number of carbonyl (C=O) groups excluding carboxylic acids is 1. The first kappa shape index (κ1) is 17.9. The average Bonchev–Trinajstić information content (AvgIpc) is 3.35. The summed E-state index contributed by atoms with van der Waals surface area (Å²) in [6.45, 7) is 4.76. The molecule has 1 N–H and O–H groups in total. The van der Waals surface area contributed by atoms with Crippen LogP contribution in [0.15, 0.2) is 24.4 Å². The SMILES string of the molecule is Cc1nc(Nc2ncccc2C)cc(C2CCCN2C(=O)C2CCCC2)n1. The minimum absolute atomic E-state index is 0.0604. The molecule has 1 amide bonds. The second-order valence-electron chi connectivity index (χ2n) is 7.69. The Morgan fingerprint density at radius 1 is 1.15 bits per heavy atom. The molecule has 1 atom stereocenters. The quantitative estimate of drug-likeness (QED) is 0.884. The van der Waals surface area contributed by atoms with Gasteiger partial charge in [-0.05, 0) is 51.2 Å². The predicted octanol–water partition coefficient (Wildman–Crippen LogP) is 4.09. The molecule has 27 heavy (non-hydrogen) atoms. The lowest BCUT2D eigenvalue weighted by atomic mass is 10.0. The number of pyridine rings is 1. The second kappa shape index (κ2) is 7.62. The number of aryl methyl sites for hydroxylation is 2. The fraction of sp³-hybridized carbons (Fsp3) is 0.524. The number of amides is 1. The molecule has 0 radical (unpaired) electrons. The van der Waals surface area contributed by atoms with Gasteiger partial charge in [0.05, 0.1) is 11.7 Å². The van der Waals surface area contributed by atoms with Crippen LogP contribution in [0, 0.1) is 19.8 Å². The number of rotatable bonds is 4. The van der Waals surface area contributed by atoms with Crippen LogP contribution in [-0.2, 0) is 4.79 Å². The summed E-state index contributed by atoms with van der Waals surface area (Å²) in [6, 6.07) is 5.97. The molecule has 1 aliphatic carbocycles. The van der Waals surface area contributed by atoms with Crippen LogP contribution >= 0.6 is 0 Å². The smallest absolute Gasteiger partial charge is 0.226 e. The van der Waals surface area contributed by atoms with Crippen molar-refractivity contribution in [2.45, 2.75) is 58.4 Å². The number of anilines is 2. The molecule has 0 spiro atoms. The van der Waals surface area contributed by atoms with Crippen molar-refractivity contribution in [3.8, 4) is 0 Å². The maximum atomic E-state index is 13.0. The van der Waals surface area contributed by atoms with E-state index in [0.717, 1.165) is 55.1 Å². The van der Waals surface area contributed by atoms with Gasteiger partial charge in [-0.1, -0.05) is 18.9 Å². The molecule has 2 aliphatic rings. The van der Waals surface area contributed by atoms with E-state index in [4.69, 9.17) is 0 Å². The summed E-state index contributed by atoms with van der Waals surface area (Å²) in [7, 11) is 0. The highest BCUT2D eigenvalue weighted by molar-refractivity contribution is 5.80. The van der Waals surface area contributed by atoms with Crippen LogP contribution in [0.4, 0.5) is 11.6 Å². The Morgan fingerprint density at radius 3 is 2.74 bits per heavy atom. The van der Waals surface area contributed by atoms with Crippen molar-refractivity contribution in [1.82, 2.24) is 19.9 Å². The highest BCUT2D eigenvalue weighted by Crippen LogP contribution is 2.36. The lowest BCUT2D eigenvalue weighted by Crippen LogP contribution is -2.35. The summed E-state index contributed by atoms with van der Waals surface area (Å²) < 4.78 is 0. The molecule has 2 fully saturated rings. The van der Waals surface area contributed by atoms with Gasteiger partial charge < -0.3 is 10.2 Å². The van der Waals surface area contributed by atoms with E-state index in [2.05, 4.69) is 25.2 Å². The van der Waals surface area contributed by atoms with Crippen molar-refractivity contribution in [3.05, 3.63) is 41.5 Å². The molecule has 2 aromatic heterocycles. The van der Waals surface area contributed by atoms with Gasteiger partial charge in [0.1, 0.15) is 17.5 Å². The number of hydrogen-bond donors (Lipinski definition) is 1. The van der Waals surface area contributed by atoms with E-state index in [1.807, 2.05) is 32.0 Å². The number of likely N-dealkylation sites (tertiary alicyclic amines) is 1. The number of nitrogens with zero attached hydrogens (tertiary/aromatic N) is 4. The minimum atomic E-state index is 0.0604. The molecule has 1 unspecified atom stereocenters. The van der Waals surface area contributed by atoms with Gasteiger partial charge in [-0.2, -0.15) is 0 Å². The molecule has 6 nitrogen and oxygen atoms in total. The summed E-state index contributed by atoms with van der Waals surface area (Å²) in [4.78, 5) is 28.6. The molecule has 1 aliphatic heterocycles. The summed E-state index contributed by atoms with van der Waals surface area (Å²) in [5.74, 6) is 2.78. The Hall–Kier alpha value is -2.50. The van der Waals surface area contributed by atoms with E-state index < -0.39 is 0 Å². The highest BCUT2D eigenvalue weighted by atomic mass is 16.2. The van der Waals surface area contributed by atoms with Gasteiger partial charge in [-0.25, -0.2) is 15.0 Å². The van der Waals surface area contributed by atoms with Gasteiger partial charge in [-0.3, -0.25) is 4.79 Å². The van der Waals surface area contributed by atoms with Crippen LogP contribution in [0.5, 0.6) is 0 Å². The van der Waals surface area contributed by atoms with Crippen LogP contribution in [0.25, 0.3) is 0 Å². The molecular weight excluding hydrogens is 338 g/mol. The van der Waals surface area contributed by atoms with Crippen LogP contribution in [0.3, 0.4) is 0 Å². The van der Waals surface area contributed by atoms with E-state index >= 15 is 0 Å². The zero-order valence-corrected chi connectivity index (χ0v) is 16.1. The molecule has 0 bridgehead atoms. The first-order valence-corrected chi connectivity index (χ1v) is 9.96.